The van der Waals surface area contributed by atoms with Crippen LogP contribution in [0.3, 0.4) is 0 Å². The average molecular weight is 234 g/mol. The van der Waals surface area contributed by atoms with Crippen molar-refractivity contribution in [3.63, 3.8) is 0 Å². The van der Waals surface area contributed by atoms with Crippen molar-refractivity contribution in [3.8, 4) is 0 Å². The maximum Gasteiger partial charge on any atom is 0.0753 e. The van der Waals surface area contributed by atoms with Gasteiger partial charge < -0.3 is 10.5 Å². The molecule has 0 radical (unpaired) electrons. The maximum atomic E-state index is 5.78. The molecule has 1 heterocycles. The smallest absolute Gasteiger partial charge is 0.0753 e. The average Bonchev–Trinajstić information content (AvgIpc) is 2.25. The quantitative estimate of drug-likeness (QED) is 0.812. The van der Waals surface area contributed by atoms with E-state index in [-0.39, 0.29) is 5.60 Å². The predicted octanol–water partition coefficient (Wildman–Crippen LogP) is 1.92. The van der Waals surface area contributed by atoms with Gasteiger partial charge in [0, 0.05) is 25.3 Å². The third-order valence-corrected chi connectivity index (χ3v) is 3.17. The fourth-order valence-electron chi connectivity index (χ4n) is 2.34. The molecule has 0 spiro atoms. The van der Waals surface area contributed by atoms with Crippen molar-refractivity contribution in [1.29, 1.82) is 0 Å². The maximum absolute atomic E-state index is 5.78. The molecule has 1 aliphatic heterocycles. The molecule has 1 aromatic rings. The highest BCUT2D eigenvalue weighted by atomic mass is 16.5. The first kappa shape index (κ1) is 12.4. The molecule has 0 unspecified atom stereocenters. The lowest BCUT2D eigenvalue weighted by Crippen LogP contribution is -2.48. The summed E-state index contributed by atoms with van der Waals surface area (Å²) < 4.78 is 5.71. The van der Waals surface area contributed by atoms with Crippen LogP contribution in [0.15, 0.2) is 24.3 Å². The third-order valence-electron chi connectivity index (χ3n) is 3.17. The first-order valence-electron chi connectivity index (χ1n) is 6.26. The molecule has 1 aliphatic rings. The van der Waals surface area contributed by atoms with Crippen LogP contribution in [-0.4, -0.2) is 36.7 Å². The molecular weight excluding hydrogens is 212 g/mol. The van der Waals surface area contributed by atoms with Gasteiger partial charge in [-0.15, -0.1) is 0 Å². The fraction of sp³-hybridized carbons (Fsp3) is 0.571. The summed E-state index contributed by atoms with van der Waals surface area (Å²) >= 11 is 0. The number of benzene rings is 1. The van der Waals surface area contributed by atoms with Crippen molar-refractivity contribution in [2.45, 2.75) is 25.9 Å². The van der Waals surface area contributed by atoms with E-state index in [1.165, 1.54) is 5.56 Å². The summed E-state index contributed by atoms with van der Waals surface area (Å²) in [6, 6.07) is 8.16. The lowest BCUT2D eigenvalue weighted by Gasteiger charge is -2.38. The molecule has 17 heavy (non-hydrogen) atoms. The zero-order valence-electron chi connectivity index (χ0n) is 10.8. The van der Waals surface area contributed by atoms with E-state index in [2.05, 4.69) is 30.9 Å². The van der Waals surface area contributed by atoms with Crippen molar-refractivity contribution in [2.24, 2.45) is 0 Å². The summed E-state index contributed by atoms with van der Waals surface area (Å²) in [5.41, 5.74) is 7.94. The molecule has 1 fully saturated rings. The zero-order chi connectivity index (χ0) is 12.3. The lowest BCUT2D eigenvalue weighted by molar-refractivity contribution is -0.0855. The highest BCUT2D eigenvalue weighted by Gasteiger charge is 2.26. The molecule has 0 aliphatic carbocycles. The van der Waals surface area contributed by atoms with Crippen LogP contribution in [0.2, 0.25) is 0 Å². The molecule has 94 valence electrons. The summed E-state index contributed by atoms with van der Waals surface area (Å²) in [5, 5.41) is 0. The molecule has 0 amide bonds. The van der Waals surface area contributed by atoms with Gasteiger partial charge in [0.2, 0.25) is 0 Å². The van der Waals surface area contributed by atoms with E-state index in [1.807, 2.05) is 12.1 Å². The Labute approximate surface area is 104 Å². The minimum Gasteiger partial charge on any atom is -0.399 e. The Kier molecular flexibility index (Phi) is 3.69. The minimum absolute atomic E-state index is 0.00599. The molecule has 1 saturated heterocycles. The molecule has 0 aromatic heterocycles. The second-order valence-electron chi connectivity index (χ2n) is 5.38. The summed E-state index contributed by atoms with van der Waals surface area (Å²) in [6.07, 6.45) is 1.06. The van der Waals surface area contributed by atoms with E-state index in [0.29, 0.717) is 0 Å². The molecule has 3 heteroatoms. The lowest BCUT2D eigenvalue weighted by atomic mass is 10.1. The molecule has 0 saturated carbocycles. The number of morpholine rings is 1. The standard InChI is InChI=1S/C14H22N2O/c1-14(2)11-16(8-9-17-14)7-6-12-4-3-5-13(15)10-12/h3-5,10H,6-9,11,15H2,1-2H3. The van der Waals surface area contributed by atoms with Gasteiger partial charge in [-0.2, -0.15) is 0 Å². The Hall–Kier alpha value is -1.06. The monoisotopic (exact) mass is 234 g/mol. The number of nitrogen functional groups attached to an aromatic ring is 1. The van der Waals surface area contributed by atoms with Crippen LogP contribution in [0.4, 0.5) is 5.69 Å². The Balaban J connectivity index is 1.86. The number of anilines is 1. The van der Waals surface area contributed by atoms with E-state index in [0.717, 1.165) is 38.3 Å². The highest BCUT2D eigenvalue weighted by molar-refractivity contribution is 5.40. The van der Waals surface area contributed by atoms with Crippen LogP contribution in [-0.2, 0) is 11.2 Å². The number of nitrogens with zero attached hydrogens (tertiary/aromatic N) is 1. The van der Waals surface area contributed by atoms with Crippen LogP contribution in [0, 0.1) is 0 Å². The van der Waals surface area contributed by atoms with Gasteiger partial charge in [0.1, 0.15) is 0 Å². The first-order valence-corrected chi connectivity index (χ1v) is 6.26. The Morgan fingerprint density at radius 3 is 2.94 bits per heavy atom. The van der Waals surface area contributed by atoms with Gasteiger partial charge in [-0.1, -0.05) is 12.1 Å². The van der Waals surface area contributed by atoms with Crippen molar-refractivity contribution >= 4 is 5.69 Å². The van der Waals surface area contributed by atoms with Crippen molar-refractivity contribution in [2.75, 3.05) is 32.0 Å². The SMILES string of the molecule is CC1(C)CN(CCc2cccc(N)c2)CCO1. The van der Waals surface area contributed by atoms with Gasteiger partial charge in [0.15, 0.2) is 0 Å². The largest absolute Gasteiger partial charge is 0.399 e. The number of nitrogens with two attached hydrogens (primary N) is 1. The summed E-state index contributed by atoms with van der Waals surface area (Å²) in [5.74, 6) is 0. The molecule has 0 atom stereocenters. The Morgan fingerprint density at radius 1 is 1.41 bits per heavy atom. The van der Waals surface area contributed by atoms with Gasteiger partial charge in [0.25, 0.3) is 0 Å². The fourth-order valence-corrected chi connectivity index (χ4v) is 2.34. The van der Waals surface area contributed by atoms with Crippen LogP contribution in [0.1, 0.15) is 19.4 Å². The third kappa shape index (κ3) is 3.72. The van der Waals surface area contributed by atoms with E-state index in [4.69, 9.17) is 10.5 Å². The van der Waals surface area contributed by atoms with Gasteiger partial charge >= 0.3 is 0 Å². The number of ether oxygens (including phenoxy) is 1. The van der Waals surface area contributed by atoms with Gasteiger partial charge in [-0.25, -0.2) is 0 Å². The van der Waals surface area contributed by atoms with Gasteiger partial charge in [-0.05, 0) is 38.0 Å². The molecular formula is C14H22N2O. The topological polar surface area (TPSA) is 38.5 Å². The van der Waals surface area contributed by atoms with Crippen LogP contribution in [0.5, 0.6) is 0 Å². The second-order valence-corrected chi connectivity index (χ2v) is 5.38. The number of hydrogen-bond donors (Lipinski definition) is 1. The summed E-state index contributed by atoms with van der Waals surface area (Å²) in [4.78, 5) is 2.46. The van der Waals surface area contributed by atoms with E-state index < -0.39 is 0 Å². The molecule has 2 N–H and O–H groups in total. The number of hydrogen-bond acceptors (Lipinski definition) is 3. The summed E-state index contributed by atoms with van der Waals surface area (Å²) in [7, 11) is 0. The van der Waals surface area contributed by atoms with Crippen LogP contribution >= 0.6 is 0 Å². The van der Waals surface area contributed by atoms with Gasteiger partial charge in [0.05, 0.1) is 12.2 Å². The predicted molar refractivity (Wildman–Crippen MR) is 71.0 cm³/mol. The second kappa shape index (κ2) is 5.07. The Bertz CT molecular complexity index is 376. The normalized spacial score (nSPS) is 20.4. The molecule has 1 aromatic carbocycles. The van der Waals surface area contributed by atoms with Crippen LogP contribution in [0.25, 0.3) is 0 Å². The minimum atomic E-state index is -0.00599. The molecule has 2 rings (SSSR count). The van der Waals surface area contributed by atoms with Gasteiger partial charge in [-0.3, -0.25) is 4.90 Å². The zero-order valence-corrected chi connectivity index (χ0v) is 10.8. The number of rotatable bonds is 3. The van der Waals surface area contributed by atoms with E-state index >= 15 is 0 Å². The van der Waals surface area contributed by atoms with Crippen molar-refractivity contribution < 1.29 is 4.74 Å². The van der Waals surface area contributed by atoms with Crippen molar-refractivity contribution in [3.05, 3.63) is 29.8 Å². The summed E-state index contributed by atoms with van der Waals surface area (Å²) in [6.45, 7) is 8.26. The van der Waals surface area contributed by atoms with E-state index in [9.17, 15) is 0 Å². The highest BCUT2D eigenvalue weighted by Crippen LogP contribution is 2.17. The first-order chi connectivity index (χ1) is 8.05. The van der Waals surface area contributed by atoms with Crippen LogP contribution < -0.4 is 5.73 Å². The molecule has 0 bridgehead atoms. The molecule has 3 nitrogen and oxygen atoms in total. The van der Waals surface area contributed by atoms with E-state index in [1.54, 1.807) is 0 Å². The Morgan fingerprint density at radius 2 is 2.24 bits per heavy atom. The van der Waals surface area contributed by atoms with Crippen molar-refractivity contribution in [1.82, 2.24) is 4.90 Å².